The maximum absolute atomic E-state index is 13.7. The molecule has 5 nitrogen and oxygen atoms in total. The normalized spacial score (nSPS) is 17.1. The molecule has 1 saturated heterocycles. The fourth-order valence-corrected chi connectivity index (χ4v) is 3.75. The van der Waals surface area contributed by atoms with E-state index in [4.69, 9.17) is 0 Å². The molecule has 4 rings (SSSR count). The maximum Gasteiger partial charge on any atom is 0.227 e. The highest BCUT2D eigenvalue weighted by molar-refractivity contribution is 5.79. The summed E-state index contributed by atoms with van der Waals surface area (Å²) in [6.07, 6.45) is 8.36. The highest BCUT2D eigenvalue weighted by Gasteiger charge is 2.31. The molecule has 2 aromatic heterocycles. The summed E-state index contributed by atoms with van der Waals surface area (Å²) in [6, 6.07) is 10.1. The molecule has 3 heterocycles. The molecule has 1 amide bonds. The van der Waals surface area contributed by atoms with Crippen LogP contribution in [0.15, 0.2) is 55.0 Å². The molecular formula is C21H21FN4O. The van der Waals surface area contributed by atoms with Crippen molar-refractivity contribution < 1.29 is 9.18 Å². The van der Waals surface area contributed by atoms with E-state index in [-0.39, 0.29) is 17.8 Å². The van der Waals surface area contributed by atoms with Crippen LogP contribution in [0.5, 0.6) is 0 Å². The number of aromatic nitrogens is 3. The van der Waals surface area contributed by atoms with E-state index in [9.17, 15) is 9.18 Å². The van der Waals surface area contributed by atoms with Crippen LogP contribution in [-0.4, -0.2) is 32.5 Å². The number of carbonyl (C=O) groups excluding carboxylic acids is 1. The molecule has 27 heavy (non-hydrogen) atoms. The molecule has 0 bridgehead atoms. The van der Waals surface area contributed by atoms with Crippen LogP contribution >= 0.6 is 0 Å². The van der Waals surface area contributed by atoms with Crippen molar-refractivity contribution in [1.82, 2.24) is 20.1 Å². The quantitative estimate of drug-likeness (QED) is 0.764. The minimum atomic E-state index is -0.284. The Morgan fingerprint density at radius 1 is 1.22 bits per heavy atom. The van der Waals surface area contributed by atoms with Gasteiger partial charge in [0.15, 0.2) is 0 Å². The first-order valence-corrected chi connectivity index (χ1v) is 9.20. The van der Waals surface area contributed by atoms with E-state index >= 15 is 0 Å². The third-order valence-electron chi connectivity index (χ3n) is 5.04. The van der Waals surface area contributed by atoms with Crippen LogP contribution in [-0.2, 0) is 11.2 Å². The Kier molecular flexibility index (Phi) is 4.96. The maximum atomic E-state index is 13.7. The fourth-order valence-electron chi connectivity index (χ4n) is 3.75. The Morgan fingerprint density at radius 3 is 2.96 bits per heavy atom. The number of rotatable bonds is 4. The first-order valence-electron chi connectivity index (χ1n) is 9.20. The molecule has 3 aromatic rings. The number of pyridine rings is 1. The lowest BCUT2D eigenvalue weighted by Gasteiger charge is -2.36. The average Bonchev–Trinajstić information content (AvgIpc) is 3.18. The van der Waals surface area contributed by atoms with Crippen molar-refractivity contribution >= 4 is 5.91 Å². The summed E-state index contributed by atoms with van der Waals surface area (Å²) in [5.41, 5.74) is 3.39. The summed E-state index contributed by atoms with van der Waals surface area (Å²) in [5, 5.41) is 7.25. The highest BCUT2D eigenvalue weighted by atomic mass is 19.1. The molecule has 1 aliphatic heterocycles. The number of hydrogen-bond donors (Lipinski definition) is 1. The lowest BCUT2D eigenvalue weighted by Crippen LogP contribution is -2.39. The van der Waals surface area contributed by atoms with Gasteiger partial charge in [0.25, 0.3) is 0 Å². The van der Waals surface area contributed by atoms with Crippen molar-refractivity contribution in [2.45, 2.75) is 31.7 Å². The molecule has 1 aliphatic rings. The van der Waals surface area contributed by atoms with Gasteiger partial charge in [0.1, 0.15) is 5.82 Å². The van der Waals surface area contributed by atoms with Gasteiger partial charge < -0.3 is 4.90 Å². The number of H-pyrrole nitrogens is 1. The molecule has 1 N–H and O–H groups in total. The second-order valence-electron chi connectivity index (χ2n) is 6.84. The van der Waals surface area contributed by atoms with Crippen molar-refractivity contribution in [3.05, 3.63) is 72.1 Å². The number of amides is 1. The third-order valence-corrected chi connectivity index (χ3v) is 5.04. The number of nitrogens with one attached hydrogen (secondary N) is 1. The van der Waals surface area contributed by atoms with Crippen molar-refractivity contribution in [3.63, 3.8) is 0 Å². The van der Waals surface area contributed by atoms with Crippen LogP contribution in [0, 0.1) is 5.82 Å². The molecule has 0 spiro atoms. The number of halogens is 1. The van der Waals surface area contributed by atoms with Gasteiger partial charge in [-0.2, -0.15) is 5.10 Å². The number of benzene rings is 1. The molecule has 0 aliphatic carbocycles. The predicted octanol–water partition coefficient (Wildman–Crippen LogP) is 3.91. The Balaban J connectivity index is 1.62. The van der Waals surface area contributed by atoms with Gasteiger partial charge in [-0.3, -0.25) is 14.9 Å². The summed E-state index contributed by atoms with van der Waals surface area (Å²) in [6.45, 7) is 0.714. The summed E-state index contributed by atoms with van der Waals surface area (Å²) >= 11 is 0. The third kappa shape index (κ3) is 3.74. The SMILES string of the molecule is O=C(Cc1cccnc1)N1CCCCC1c1[nH]ncc1-c1cccc(F)c1. The van der Waals surface area contributed by atoms with Crippen molar-refractivity contribution in [2.24, 2.45) is 0 Å². The molecule has 0 radical (unpaired) electrons. The van der Waals surface area contributed by atoms with E-state index in [2.05, 4.69) is 15.2 Å². The molecular weight excluding hydrogens is 343 g/mol. The van der Waals surface area contributed by atoms with E-state index in [1.165, 1.54) is 12.1 Å². The van der Waals surface area contributed by atoms with Crippen LogP contribution in [0.4, 0.5) is 4.39 Å². The first kappa shape index (κ1) is 17.4. The average molecular weight is 364 g/mol. The van der Waals surface area contributed by atoms with Crippen LogP contribution in [0.1, 0.15) is 36.6 Å². The van der Waals surface area contributed by atoms with E-state index in [0.29, 0.717) is 13.0 Å². The van der Waals surface area contributed by atoms with Crippen molar-refractivity contribution in [3.8, 4) is 11.1 Å². The van der Waals surface area contributed by atoms with E-state index in [1.54, 1.807) is 24.7 Å². The lowest BCUT2D eigenvalue weighted by molar-refractivity contribution is -0.134. The van der Waals surface area contributed by atoms with Gasteiger partial charge in [0.2, 0.25) is 5.91 Å². The van der Waals surface area contributed by atoms with Gasteiger partial charge in [-0.15, -0.1) is 0 Å². The standard InChI is InChI=1S/C21H21FN4O/c22-17-7-3-6-16(12-17)18-14-24-25-21(18)19-8-1-2-10-26(19)20(27)11-15-5-4-9-23-13-15/h3-7,9,12-14,19H,1-2,8,10-11H2,(H,24,25). The second-order valence-corrected chi connectivity index (χ2v) is 6.84. The molecule has 1 aromatic carbocycles. The molecule has 6 heteroatoms. The number of likely N-dealkylation sites (tertiary alicyclic amines) is 1. The molecule has 0 saturated carbocycles. The minimum Gasteiger partial charge on any atom is -0.334 e. The van der Waals surface area contributed by atoms with E-state index in [1.807, 2.05) is 23.1 Å². The number of carbonyl (C=O) groups is 1. The smallest absolute Gasteiger partial charge is 0.227 e. The van der Waals surface area contributed by atoms with E-state index < -0.39 is 0 Å². The summed E-state index contributed by atoms with van der Waals surface area (Å²) in [7, 11) is 0. The molecule has 1 unspecified atom stereocenters. The zero-order chi connectivity index (χ0) is 18.6. The zero-order valence-electron chi connectivity index (χ0n) is 14.9. The zero-order valence-corrected chi connectivity index (χ0v) is 14.9. The topological polar surface area (TPSA) is 61.9 Å². The van der Waals surface area contributed by atoms with Gasteiger partial charge in [-0.1, -0.05) is 18.2 Å². The van der Waals surface area contributed by atoms with Crippen LogP contribution in [0.25, 0.3) is 11.1 Å². The fraction of sp³-hybridized carbons (Fsp3) is 0.286. The summed E-state index contributed by atoms with van der Waals surface area (Å²) in [5.74, 6) is -0.208. The first-order chi connectivity index (χ1) is 13.2. The molecule has 138 valence electrons. The number of nitrogens with zero attached hydrogens (tertiary/aromatic N) is 3. The number of piperidine rings is 1. The Hall–Kier alpha value is -3.02. The van der Waals surface area contributed by atoms with Crippen molar-refractivity contribution in [2.75, 3.05) is 6.54 Å². The van der Waals surface area contributed by atoms with Crippen LogP contribution < -0.4 is 0 Å². The highest BCUT2D eigenvalue weighted by Crippen LogP contribution is 2.36. The summed E-state index contributed by atoms with van der Waals surface area (Å²) < 4.78 is 13.7. The summed E-state index contributed by atoms with van der Waals surface area (Å²) in [4.78, 5) is 19.0. The Bertz CT molecular complexity index is 925. The van der Waals surface area contributed by atoms with Gasteiger partial charge in [-0.25, -0.2) is 4.39 Å². The predicted molar refractivity (Wildman–Crippen MR) is 100 cm³/mol. The largest absolute Gasteiger partial charge is 0.334 e. The number of hydrogen-bond acceptors (Lipinski definition) is 3. The lowest BCUT2D eigenvalue weighted by atomic mass is 9.94. The van der Waals surface area contributed by atoms with Gasteiger partial charge >= 0.3 is 0 Å². The van der Waals surface area contributed by atoms with Gasteiger partial charge in [0, 0.05) is 24.5 Å². The van der Waals surface area contributed by atoms with Crippen LogP contribution in [0.3, 0.4) is 0 Å². The van der Waals surface area contributed by atoms with E-state index in [0.717, 1.165) is 41.6 Å². The monoisotopic (exact) mass is 364 g/mol. The van der Waals surface area contributed by atoms with Crippen molar-refractivity contribution in [1.29, 1.82) is 0 Å². The number of aromatic amines is 1. The molecule has 1 fully saturated rings. The van der Waals surface area contributed by atoms with Gasteiger partial charge in [0.05, 0.1) is 24.4 Å². The Morgan fingerprint density at radius 2 is 2.15 bits per heavy atom. The minimum absolute atomic E-state index is 0.0764. The van der Waals surface area contributed by atoms with Crippen LogP contribution in [0.2, 0.25) is 0 Å². The van der Waals surface area contributed by atoms with Gasteiger partial charge in [-0.05, 0) is 48.6 Å². The second kappa shape index (κ2) is 7.70. The Labute approximate surface area is 157 Å². The molecule has 1 atom stereocenters.